The Hall–Kier alpha value is -1.37. The van der Waals surface area contributed by atoms with E-state index in [-0.39, 0.29) is 11.0 Å². The summed E-state index contributed by atoms with van der Waals surface area (Å²) in [6.07, 6.45) is 0.474. The number of hydrogen-bond donors (Lipinski definition) is 2. The summed E-state index contributed by atoms with van der Waals surface area (Å²) >= 11 is 0. The van der Waals surface area contributed by atoms with Crippen LogP contribution in [0.1, 0.15) is 58.3 Å². The molecule has 3 nitrogen and oxygen atoms in total. The van der Waals surface area contributed by atoms with Crippen LogP contribution in [0.2, 0.25) is 0 Å². The second kappa shape index (κ2) is 6.39. The Labute approximate surface area is 122 Å². The molecule has 1 aromatic rings. The molecule has 1 aromatic carbocycles. The number of rotatable bonds is 5. The molecule has 0 amide bonds. The van der Waals surface area contributed by atoms with Gasteiger partial charge in [-0.05, 0) is 43.4 Å². The number of nitrogens with zero attached hydrogens (tertiary/aromatic N) is 1. The highest BCUT2D eigenvalue weighted by Crippen LogP contribution is 2.27. The molecule has 0 aromatic heterocycles. The molecule has 0 spiro atoms. The fourth-order valence-electron chi connectivity index (χ4n) is 2.66. The normalized spacial score (nSPS) is 13.8. The maximum atomic E-state index is 10.2. The van der Waals surface area contributed by atoms with E-state index >= 15 is 0 Å². The third kappa shape index (κ3) is 5.73. The van der Waals surface area contributed by atoms with E-state index in [9.17, 15) is 5.11 Å². The van der Waals surface area contributed by atoms with E-state index in [1.165, 1.54) is 0 Å². The van der Waals surface area contributed by atoms with E-state index in [0.717, 1.165) is 12.0 Å². The van der Waals surface area contributed by atoms with Crippen molar-refractivity contribution in [2.45, 2.75) is 52.7 Å². The second-order valence-corrected chi connectivity index (χ2v) is 7.25. The van der Waals surface area contributed by atoms with Gasteiger partial charge in [0.25, 0.3) is 0 Å². The zero-order valence-electron chi connectivity index (χ0n) is 13.2. The van der Waals surface area contributed by atoms with Crippen LogP contribution in [-0.4, -0.2) is 17.2 Å². The molecule has 0 aliphatic heterocycles. The SMILES string of the molecule is CC(C)(C)CC(C)(C)NCC(O)c1ccc(C#N)cc1. The van der Waals surface area contributed by atoms with E-state index in [4.69, 9.17) is 5.26 Å². The number of nitrogens with one attached hydrogen (secondary N) is 1. The van der Waals surface area contributed by atoms with Gasteiger partial charge in [-0.25, -0.2) is 0 Å². The first-order valence-corrected chi connectivity index (χ1v) is 7.06. The number of aliphatic hydroxyl groups excluding tert-OH is 1. The third-order valence-electron chi connectivity index (χ3n) is 3.17. The van der Waals surface area contributed by atoms with E-state index in [2.05, 4.69) is 46.0 Å². The summed E-state index contributed by atoms with van der Waals surface area (Å²) in [5.74, 6) is 0. The zero-order valence-corrected chi connectivity index (χ0v) is 13.2. The minimum absolute atomic E-state index is 0.0220. The lowest BCUT2D eigenvalue weighted by Crippen LogP contribution is -2.44. The zero-order chi connectivity index (χ0) is 15.4. The number of nitriles is 1. The first-order chi connectivity index (χ1) is 9.13. The van der Waals surface area contributed by atoms with E-state index in [1.807, 2.05) is 12.1 Å². The van der Waals surface area contributed by atoms with Crippen LogP contribution in [0, 0.1) is 16.7 Å². The Morgan fingerprint density at radius 3 is 2.15 bits per heavy atom. The number of β-amino-alcohol motifs (C(OH)–C–C–N with tert-alkyl or cyclic N) is 1. The van der Waals surface area contributed by atoms with Gasteiger partial charge in [0.2, 0.25) is 0 Å². The maximum absolute atomic E-state index is 10.2. The molecule has 0 saturated carbocycles. The van der Waals surface area contributed by atoms with Gasteiger partial charge in [0.15, 0.2) is 0 Å². The highest BCUT2D eigenvalue weighted by atomic mass is 16.3. The van der Waals surface area contributed by atoms with Crippen molar-refractivity contribution in [3.8, 4) is 6.07 Å². The molecule has 0 radical (unpaired) electrons. The summed E-state index contributed by atoms with van der Waals surface area (Å²) in [6, 6.07) is 9.16. The predicted molar refractivity (Wildman–Crippen MR) is 82.3 cm³/mol. The molecule has 1 atom stereocenters. The first kappa shape index (κ1) is 16.7. The second-order valence-electron chi connectivity index (χ2n) is 7.25. The van der Waals surface area contributed by atoms with Crippen LogP contribution in [0.3, 0.4) is 0 Å². The van der Waals surface area contributed by atoms with Crippen molar-refractivity contribution < 1.29 is 5.11 Å². The summed E-state index contributed by atoms with van der Waals surface area (Å²) in [6.45, 7) is 11.5. The quantitative estimate of drug-likeness (QED) is 0.865. The molecule has 3 heteroatoms. The van der Waals surface area contributed by atoms with Gasteiger partial charge >= 0.3 is 0 Å². The van der Waals surface area contributed by atoms with Crippen LogP contribution < -0.4 is 5.32 Å². The summed E-state index contributed by atoms with van der Waals surface area (Å²) in [5, 5.41) is 22.4. The molecule has 0 aliphatic rings. The number of hydrogen-bond acceptors (Lipinski definition) is 3. The molecule has 0 fully saturated rings. The first-order valence-electron chi connectivity index (χ1n) is 7.06. The van der Waals surface area contributed by atoms with Crippen molar-refractivity contribution in [3.63, 3.8) is 0 Å². The fraction of sp³-hybridized carbons (Fsp3) is 0.588. The Kier molecular flexibility index (Phi) is 5.33. The minimum atomic E-state index is -0.554. The van der Waals surface area contributed by atoms with E-state index < -0.39 is 6.10 Å². The van der Waals surface area contributed by atoms with Gasteiger partial charge in [-0.2, -0.15) is 5.26 Å². The summed E-state index contributed by atoms with van der Waals surface area (Å²) in [4.78, 5) is 0. The van der Waals surface area contributed by atoms with E-state index in [1.54, 1.807) is 12.1 Å². The molecule has 0 saturated heterocycles. The molecule has 0 aliphatic carbocycles. The van der Waals surface area contributed by atoms with Crippen LogP contribution in [-0.2, 0) is 0 Å². The molecule has 20 heavy (non-hydrogen) atoms. The molecular weight excluding hydrogens is 248 g/mol. The van der Waals surface area contributed by atoms with Gasteiger partial charge in [0.05, 0.1) is 17.7 Å². The average molecular weight is 274 g/mol. The monoisotopic (exact) mass is 274 g/mol. The summed E-state index contributed by atoms with van der Waals surface area (Å²) in [7, 11) is 0. The summed E-state index contributed by atoms with van der Waals surface area (Å²) in [5.41, 5.74) is 1.67. The Morgan fingerprint density at radius 1 is 1.15 bits per heavy atom. The van der Waals surface area contributed by atoms with Gasteiger partial charge in [-0.15, -0.1) is 0 Å². The maximum Gasteiger partial charge on any atom is 0.0991 e. The number of benzene rings is 1. The van der Waals surface area contributed by atoms with Gasteiger partial charge in [-0.3, -0.25) is 0 Å². The number of aliphatic hydroxyl groups is 1. The lowest BCUT2D eigenvalue weighted by atomic mass is 9.81. The van der Waals surface area contributed by atoms with Gasteiger partial charge in [-0.1, -0.05) is 32.9 Å². The molecule has 0 bridgehead atoms. The largest absolute Gasteiger partial charge is 0.387 e. The van der Waals surface area contributed by atoms with Gasteiger partial charge in [0.1, 0.15) is 0 Å². The van der Waals surface area contributed by atoms with Crippen molar-refractivity contribution in [3.05, 3.63) is 35.4 Å². The minimum Gasteiger partial charge on any atom is -0.387 e. The standard InChI is InChI=1S/C17H26N2O/c1-16(2,3)12-17(4,5)19-11-15(20)14-8-6-13(10-18)7-9-14/h6-9,15,19-20H,11-12H2,1-5H3. The van der Waals surface area contributed by atoms with Crippen LogP contribution in [0.4, 0.5) is 0 Å². The van der Waals surface area contributed by atoms with Gasteiger partial charge in [0, 0.05) is 12.1 Å². The molecule has 110 valence electrons. The molecule has 1 unspecified atom stereocenters. The lowest BCUT2D eigenvalue weighted by molar-refractivity contribution is 0.148. The Balaban J connectivity index is 2.58. The Morgan fingerprint density at radius 2 is 1.70 bits per heavy atom. The Bertz CT molecular complexity index is 463. The van der Waals surface area contributed by atoms with Crippen molar-refractivity contribution in [1.82, 2.24) is 5.32 Å². The molecule has 2 N–H and O–H groups in total. The van der Waals surface area contributed by atoms with Crippen molar-refractivity contribution >= 4 is 0 Å². The molecular formula is C17H26N2O. The lowest BCUT2D eigenvalue weighted by Gasteiger charge is -2.34. The topological polar surface area (TPSA) is 56.0 Å². The third-order valence-corrected chi connectivity index (χ3v) is 3.17. The smallest absolute Gasteiger partial charge is 0.0991 e. The van der Waals surface area contributed by atoms with Crippen molar-refractivity contribution in [2.24, 2.45) is 5.41 Å². The molecule has 1 rings (SSSR count). The predicted octanol–water partition coefficient (Wildman–Crippen LogP) is 3.40. The molecule has 0 heterocycles. The highest BCUT2D eigenvalue weighted by Gasteiger charge is 2.25. The van der Waals surface area contributed by atoms with Crippen molar-refractivity contribution in [2.75, 3.05) is 6.54 Å². The summed E-state index contributed by atoms with van der Waals surface area (Å²) < 4.78 is 0. The van der Waals surface area contributed by atoms with Gasteiger partial charge < -0.3 is 10.4 Å². The van der Waals surface area contributed by atoms with E-state index in [0.29, 0.717) is 12.1 Å². The van der Waals surface area contributed by atoms with Crippen LogP contribution in [0.15, 0.2) is 24.3 Å². The van der Waals surface area contributed by atoms with Crippen LogP contribution >= 0.6 is 0 Å². The van der Waals surface area contributed by atoms with Crippen molar-refractivity contribution in [1.29, 1.82) is 5.26 Å². The average Bonchev–Trinajstić information content (AvgIpc) is 2.33. The highest BCUT2D eigenvalue weighted by molar-refractivity contribution is 5.32. The fourth-order valence-corrected chi connectivity index (χ4v) is 2.66. The van der Waals surface area contributed by atoms with Crippen LogP contribution in [0.25, 0.3) is 0 Å². The van der Waals surface area contributed by atoms with Crippen LogP contribution in [0.5, 0.6) is 0 Å².